The summed E-state index contributed by atoms with van der Waals surface area (Å²) < 4.78 is 0. The summed E-state index contributed by atoms with van der Waals surface area (Å²) in [5.74, 6) is 1.22. The second-order valence-electron chi connectivity index (χ2n) is 7.62. The molecule has 2 aliphatic carbocycles. The Kier molecular flexibility index (Phi) is 6.33. The number of halogens is 1. The van der Waals surface area contributed by atoms with Crippen molar-refractivity contribution in [2.75, 3.05) is 0 Å². The topological polar surface area (TPSA) is 55.1 Å². The summed E-state index contributed by atoms with van der Waals surface area (Å²) in [5, 5.41) is 3.26. The molecule has 2 unspecified atom stereocenters. The van der Waals surface area contributed by atoms with Gasteiger partial charge in [0, 0.05) is 18.5 Å². The van der Waals surface area contributed by atoms with E-state index in [1.165, 1.54) is 19.3 Å². The average Bonchev–Trinajstić information content (AvgIpc) is 2.68. The van der Waals surface area contributed by atoms with Gasteiger partial charge in [-0.05, 0) is 49.4 Å². The zero-order valence-electron chi connectivity index (χ0n) is 13.2. The predicted octanol–water partition coefficient (Wildman–Crippen LogP) is 3.26. The molecule has 4 atom stereocenters. The highest BCUT2D eigenvalue weighted by Crippen LogP contribution is 2.38. The van der Waals surface area contributed by atoms with Crippen molar-refractivity contribution in [2.24, 2.45) is 23.0 Å². The molecule has 2 aliphatic rings. The first-order chi connectivity index (χ1) is 8.87. The van der Waals surface area contributed by atoms with Crippen LogP contribution >= 0.6 is 12.4 Å². The molecule has 3 N–H and O–H groups in total. The number of hydrogen-bond acceptors (Lipinski definition) is 2. The van der Waals surface area contributed by atoms with E-state index in [-0.39, 0.29) is 24.4 Å². The predicted molar refractivity (Wildman–Crippen MR) is 85.9 cm³/mol. The molecule has 0 aromatic carbocycles. The van der Waals surface area contributed by atoms with Gasteiger partial charge in [-0.1, -0.05) is 27.2 Å². The van der Waals surface area contributed by atoms with Crippen LogP contribution in [0.15, 0.2) is 0 Å². The standard InChI is InChI=1S/C16H30N2O.ClH/c1-11-10-16(2,3)8-7-14(11)18-15(19)9-12-5-4-6-13(12)17;/h11-14H,4-10,17H2,1-3H3,(H,18,19);1H/t11?,12-,13+,14?;/m0./s1. The number of carbonyl (C=O) groups excluding carboxylic acids is 1. The molecule has 0 bridgehead atoms. The van der Waals surface area contributed by atoms with Crippen LogP contribution in [0, 0.1) is 17.3 Å². The van der Waals surface area contributed by atoms with E-state index in [0.717, 1.165) is 19.3 Å². The molecule has 2 saturated carbocycles. The van der Waals surface area contributed by atoms with Crippen molar-refractivity contribution >= 4 is 18.3 Å². The highest BCUT2D eigenvalue weighted by Gasteiger charge is 2.34. The van der Waals surface area contributed by atoms with Gasteiger partial charge in [-0.25, -0.2) is 0 Å². The van der Waals surface area contributed by atoms with Gasteiger partial charge >= 0.3 is 0 Å². The average molecular weight is 303 g/mol. The highest BCUT2D eigenvalue weighted by molar-refractivity contribution is 5.85. The fourth-order valence-electron chi connectivity index (χ4n) is 3.98. The van der Waals surface area contributed by atoms with Crippen LogP contribution in [0.25, 0.3) is 0 Å². The van der Waals surface area contributed by atoms with E-state index in [1.807, 2.05) is 0 Å². The summed E-state index contributed by atoms with van der Waals surface area (Å²) in [6.07, 6.45) is 7.58. The Balaban J connectivity index is 0.00000200. The van der Waals surface area contributed by atoms with Crippen molar-refractivity contribution in [1.82, 2.24) is 5.32 Å². The van der Waals surface area contributed by atoms with Gasteiger partial charge in [-0.3, -0.25) is 4.79 Å². The van der Waals surface area contributed by atoms with E-state index in [4.69, 9.17) is 5.73 Å². The molecule has 0 heterocycles. The molecule has 0 aromatic rings. The Hall–Kier alpha value is -0.280. The molecule has 0 spiro atoms. The third-order valence-corrected chi connectivity index (χ3v) is 5.21. The molecule has 20 heavy (non-hydrogen) atoms. The highest BCUT2D eigenvalue weighted by atomic mass is 35.5. The van der Waals surface area contributed by atoms with Gasteiger partial charge in [-0.15, -0.1) is 12.4 Å². The maximum atomic E-state index is 12.2. The van der Waals surface area contributed by atoms with E-state index in [2.05, 4.69) is 26.1 Å². The van der Waals surface area contributed by atoms with E-state index in [1.54, 1.807) is 0 Å². The van der Waals surface area contributed by atoms with E-state index < -0.39 is 0 Å². The third-order valence-electron chi connectivity index (χ3n) is 5.21. The van der Waals surface area contributed by atoms with Crippen LogP contribution < -0.4 is 11.1 Å². The van der Waals surface area contributed by atoms with Crippen LogP contribution in [0.5, 0.6) is 0 Å². The Morgan fingerprint density at radius 2 is 2.00 bits per heavy atom. The lowest BCUT2D eigenvalue weighted by molar-refractivity contribution is -0.123. The first-order valence-corrected chi connectivity index (χ1v) is 7.92. The molecule has 0 radical (unpaired) electrons. The maximum absolute atomic E-state index is 12.2. The molecule has 118 valence electrons. The van der Waals surface area contributed by atoms with Crippen LogP contribution in [0.1, 0.15) is 65.7 Å². The first kappa shape index (κ1) is 17.8. The SMILES string of the molecule is CC1CC(C)(C)CCC1NC(=O)C[C@@H]1CCC[C@H]1N.Cl. The lowest BCUT2D eigenvalue weighted by Gasteiger charge is -2.39. The lowest BCUT2D eigenvalue weighted by Crippen LogP contribution is -2.45. The van der Waals surface area contributed by atoms with Gasteiger partial charge < -0.3 is 11.1 Å². The van der Waals surface area contributed by atoms with Crippen LogP contribution in [0.4, 0.5) is 0 Å². The van der Waals surface area contributed by atoms with Gasteiger partial charge in [-0.2, -0.15) is 0 Å². The van der Waals surface area contributed by atoms with Crippen LogP contribution in [-0.2, 0) is 4.79 Å². The van der Waals surface area contributed by atoms with Crippen molar-refractivity contribution in [3.8, 4) is 0 Å². The third kappa shape index (κ3) is 4.63. The van der Waals surface area contributed by atoms with Gasteiger partial charge in [0.25, 0.3) is 0 Å². The lowest BCUT2D eigenvalue weighted by atomic mass is 9.70. The molecular weight excluding hydrogens is 272 g/mol. The summed E-state index contributed by atoms with van der Waals surface area (Å²) in [5.41, 5.74) is 6.48. The summed E-state index contributed by atoms with van der Waals surface area (Å²) in [4.78, 5) is 12.2. The van der Waals surface area contributed by atoms with Crippen molar-refractivity contribution in [2.45, 2.75) is 77.8 Å². The Morgan fingerprint density at radius 1 is 1.30 bits per heavy atom. The summed E-state index contributed by atoms with van der Waals surface area (Å²) in [7, 11) is 0. The minimum atomic E-state index is 0. The molecular formula is C16H31ClN2O. The van der Waals surface area contributed by atoms with Gasteiger partial charge in [0.1, 0.15) is 0 Å². The summed E-state index contributed by atoms with van der Waals surface area (Å²) in [6.45, 7) is 6.94. The van der Waals surface area contributed by atoms with Crippen LogP contribution in [-0.4, -0.2) is 18.0 Å². The van der Waals surface area contributed by atoms with Gasteiger partial charge in [0.15, 0.2) is 0 Å². The van der Waals surface area contributed by atoms with Crippen molar-refractivity contribution < 1.29 is 4.79 Å². The maximum Gasteiger partial charge on any atom is 0.220 e. The molecule has 0 aliphatic heterocycles. The number of hydrogen-bond donors (Lipinski definition) is 2. The number of nitrogens with one attached hydrogen (secondary N) is 1. The summed E-state index contributed by atoms with van der Waals surface area (Å²) in [6, 6.07) is 0.617. The molecule has 1 amide bonds. The molecule has 3 nitrogen and oxygen atoms in total. The molecule has 0 saturated heterocycles. The smallest absolute Gasteiger partial charge is 0.220 e. The largest absolute Gasteiger partial charge is 0.353 e. The normalized spacial score (nSPS) is 36.2. The molecule has 2 rings (SSSR count). The molecule has 2 fully saturated rings. The number of rotatable bonds is 3. The Morgan fingerprint density at radius 3 is 2.55 bits per heavy atom. The zero-order chi connectivity index (χ0) is 14.0. The fourth-order valence-corrected chi connectivity index (χ4v) is 3.98. The zero-order valence-corrected chi connectivity index (χ0v) is 14.0. The second kappa shape index (κ2) is 7.13. The van der Waals surface area contributed by atoms with Gasteiger partial charge in [0.05, 0.1) is 0 Å². The van der Waals surface area contributed by atoms with Crippen molar-refractivity contribution in [3.05, 3.63) is 0 Å². The minimum absolute atomic E-state index is 0. The monoisotopic (exact) mass is 302 g/mol. The van der Waals surface area contributed by atoms with E-state index in [0.29, 0.717) is 29.7 Å². The van der Waals surface area contributed by atoms with Crippen molar-refractivity contribution in [1.29, 1.82) is 0 Å². The van der Waals surface area contributed by atoms with E-state index in [9.17, 15) is 4.79 Å². The Bertz CT molecular complexity index is 332. The number of amides is 1. The van der Waals surface area contributed by atoms with E-state index >= 15 is 0 Å². The summed E-state index contributed by atoms with van der Waals surface area (Å²) >= 11 is 0. The second-order valence-corrected chi connectivity index (χ2v) is 7.62. The van der Waals surface area contributed by atoms with Gasteiger partial charge in [0.2, 0.25) is 5.91 Å². The quantitative estimate of drug-likeness (QED) is 0.841. The van der Waals surface area contributed by atoms with Crippen LogP contribution in [0.2, 0.25) is 0 Å². The van der Waals surface area contributed by atoms with Crippen molar-refractivity contribution in [3.63, 3.8) is 0 Å². The molecule has 4 heteroatoms. The van der Waals surface area contributed by atoms with Crippen LogP contribution in [0.3, 0.4) is 0 Å². The fraction of sp³-hybridized carbons (Fsp3) is 0.938. The number of carbonyl (C=O) groups is 1. The number of nitrogens with two attached hydrogens (primary N) is 1. The first-order valence-electron chi connectivity index (χ1n) is 7.92. The minimum Gasteiger partial charge on any atom is -0.353 e. The molecule has 0 aromatic heterocycles. The Labute approximate surface area is 129 Å².